The summed E-state index contributed by atoms with van der Waals surface area (Å²) in [6, 6.07) is 0. The van der Waals surface area contributed by atoms with E-state index in [1.165, 1.54) is 6.26 Å². The second-order valence-electron chi connectivity index (χ2n) is 8.44. The second-order valence-corrected chi connectivity index (χ2v) is 8.44. The lowest BCUT2D eigenvalue weighted by molar-refractivity contribution is -0.291. The summed E-state index contributed by atoms with van der Waals surface area (Å²) < 4.78 is 27.8. The molecule has 4 heterocycles. The molecule has 11 nitrogen and oxygen atoms in total. The first kappa shape index (κ1) is 20.9. The fraction of sp³-hybridized carbons (Fsp3) is 0.700. The zero-order valence-electron chi connectivity index (χ0n) is 16.6. The van der Waals surface area contributed by atoms with Gasteiger partial charge >= 0.3 is 11.9 Å². The minimum absolute atomic E-state index is 0.103. The van der Waals surface area contributed by atoms with Crippen LogP contribution in [0.3, 0.4) is 0 Å². The van der Waals surface area contributed by atoms with Crippen LogP contribution in [0.2, 0.25) is 0 Å². The van der Waals surface area contributed by atoms with Gasteiger partial charge in [-0.1, -0.05) is 13.0 Å². The van der Waals surface area contributed by atoms with E-state index in [-0.39, 0.29) is 11.5 Å². The predicted octanol–water partition coefficient (Wildman–Crippen LogP) is -1.91. The highest BCUT2D eigenvalue weighted by atomic mass is 16.7. The topological polar surface area (TPSA) is 161 Å². The first-order valence-electron chi connectivity index (χ1n) is 10.3. The Bertz CT molecular complexity index is 837. The van der Waals surface area contributed by atoms with Crippen molar-refractivity contribution in [1.29, 1.82) is 0 Å². The van der Waals surface area contributed by atoms with Crippen LogP contribution in [0.4, 0.5) is 0 Å². The van der Waals surface area contributed by atoms with E-state index in [0.717, 1.165) is 0 Å². The third-order valence-corrected chi connectivity index (χ3v) is 6.87. The van der Waals surface area contributed by atoms with Gasteiger partial charge in [0.15, 0.2) is 5.60 Å². The molecule has 5 aliphatic rings. The maximum absolute atomic E-state index is 12.9. The van der Waals surface area contributed by atoms with E-state index in [0.29, 0.717) is 6.42 Å². The number of hydrogen-bond donors (Lipinski definition) is 4. The first-order valence-corrected chi connectivity index (χ1v) is 10.3. The molecule has 0 radical (unpaired) electrons. The van der Waals surface area contributed by atoms with E-state index in [1.54, 1.807) is 12.2 Å². The van der Waals surface area contributed by atoms with Crippen LogP contribution < -0.4 is 0 Å². The Hall–Kier alpha value is -2.02. The SMILES string of the molecule is CC[C@@H]1C(=O)O[C@]23C=C[C@@H]4C(C(=O)O[C@@H]5O[C@H](CO)[C@@H](O)[C@H](O)[C@H]5O)=CO[C@H](O[C@@H]12)[C@@H]43. The lowest BCUT2D eigenvalue weighted by Gasteiger charge is -2.39. The molecule has 0 aromatic heterocycles. The largest absolute Gasteiger partial charge is 0.471 e. The summed E-state index contributed by atoms with van der Waals surface area (Å²) in [5.74, 6) is -2.66. The fourth-order valence-electron chi connectivity index (χ4n) is 5.25. The molecular formula is C20H24O11. The van der Waals surface area contributed by atoms with E-state index in [4.69, 9.17) is 23.7 Å². The van der Waals surface area contributed by atoms with E-state index in [9.17, 15) is 30.0 Å². The van der Waals surface area contributed by atoms with Crippen LogP contribution in [-0.4, -0.2) is 87.7 Å². The van der Waals surface area contributed by atoms with Gasteiger partial charge in [-0.15, -0.1) is 0 Å². The third-order valence-electron chi connectivity index (χ3n) is 6.87. The molecule has 3 saturated heterocycles. The number of aliphatic hydroxyl groups is 4. The average molecular weight is 440 g/mol. The summed E-state index contributed by atoms with van der Waals surface area (Å²) in [6.07, 6.45) is -3.74. The van der Waals surface area contributed by atoms with Gasteiger partial charge in [-0.25, -0.2) is 4.79 Å². The van der Waals surface area contributed by atoms with E-state index >= 15 is 0 Å². The van der Waals surface area contributed by atoms with Crippen molar-refractivity contribution < 1.29 is 53.7 Å². The molecular weight excluding hydrogens is 416 g/mol. The summed E-state index contributed by atoms with van der Waals surface area (Å²) in [7, 11) is 0. The Morgan fingerprint density at radius 1 is 1.19 bits per heavy atom. The predicted molar refractivity (Wildman–Crippen MR) is 96.4 cm³/mol. The van der Waals surface area contributed by atoms with Crippen molar-refractivity contribution >= 4 is 11.9 Å². The van der Waals surface area contributed by atoms with Crippen LogP contribution in [0.1, 0.15) is 13.3 Å². The Morgan fingerprint density at radius 2 is 1.97 bits per heavy atom. The Labute approximate surface area is 176 Å². The number of carbonyl (C=O) groups is 2. The van der Waals surface area contributed by atoms with Crippen molar-refractivity contribution in [3.8, 4) is 0 Å². The van der Waals surface area contributed by atoms with Crippen LogP contribution in [0.15, 0.2) is 24.0 Å². The highest BCUT2D eigenvalue weighted by molar-refractivity contribution is 5.90. The molecule has 4 aliphatic heterocycles. The summed E-state index contributed by atoms with van der Waals surface area (Å²) in [5.41, 5.74) is -0.915. The molecule has 0 saturated carbocycles. The van der Waals surface area contributed by atoms with Gasteiger partial charge in [-0.05, 0) is 12.5 Å². The van der Waals surface area contributed by atoms with Gasteiger partial charge in [-0.3, -0.25) is 4.79 Å². The van der Waals surface area contributed by atoms with Crippen LogP contribution in [-0.2, 0) is 33.3 Å². The molecule has 0 amide bonds. The fourth-order valence-corrected chi connectivity index (χ4v) is 5.25. The Morgan fingerprint density at radius 3 is 2.68 bits per heavy atom. The Kier molecular flexibility index (Phi) is 4.88. The molecule has 31 heavy (non-hydrogen) atoms. The molecule has 4 N–H and O–H groups in total. The maximum atomic E-state index is 12.9. The van der Waals surface area contributed by atoms with E-state index in [2.05, 4.69) is 0 Å². The number of aliphatic hydroxyl groups excluding tert-OH is 4. The molecule has 11 heteroatoms. The van der Waals surface area contributed by atoms with Gasteiger partial charge in [0.05, 0.1) is 30.3 Å². The van der Waals surface area contributed by atoms with E-state index < -0.39 is 79.0 Å². The molecule has 0 aromatic carbocycles. The molecule has 11 atom stereocenters. The van der Waals surface area contributed by atoms with Gasteiger partial charge in [0, 0.05) is 5.92 Å². The van der Waals surface area contributed by atoms with Crippen LogP contribution in [0.5, 0.6) is 0 Å². The third kappa shape index (κ3) is 2.81. The van der Waals surface area contributed by atoms with Gasteiger partial charge in [-0.2, -0.15) is 0 Å². The minimum atomic E-state index is -1.72. The molecule has 1 spiro atoms. The molecule has 0 bridgehead atoms. The molecule has 0 unspecified atom stereocenters. The average Bonchev–Trinajstić information content (AvgIpc) is 3.36. The summed E-state index contributed by atoms with van der Waals surface area (Å²) in [6.45, 7) is 1.22. The first-order chi connectivity index (χ1) is 14.8. The molecule has 3 fully saturated rings. The van der Waals surface area contributed by atoms with Crippen molar-refractivity contribution in [2.45, 2.75) is 62.0 Å². The highest BCUT2D eigenvalue weighted by Crippen LogP contribution is 2.58. The monoisotopic (exact) mass is 440 g/mol. The minimum Gasteiger partial charge on any atom is -0.471 e. The summed E-state index contributed by atoms with van der Waals surface area (Å²) in [5, 5.41) is 39.2. The number of allylic oxidation sites excluding steroid dienone is 1. The normalized spacial score (nSPS) is 49.7. The van der Waals surface area contributed by atoms with Gasteiger partial charge in [0.25, 0.3) is 0 Å². The van der Waals surface area contributed by atoms with Crippen molar-refractivity contribution in [3.63, 3.8) is 0 Å². The zero-order valence-corrected chi connectivity index (χ0v) is 16.6. The number of ether oxygens (including phenoxy) is 5. The molecule has 1 aliphatic carbocycles. The summed E-state index contributed by atoms with van der Waals surface area (Å²) >= 11 is 0. The lowest BCUT2D eigenvalue weighted by atomic mass is 9.77. The van der Waals surface area contributed by atoms with Crippen molar-refractivity contribution in [2.24, 2.45) is 17.8 Å². The van der Waals surface area contributed by atoms with E-state index in [1.807, 2.05) is 6.92 Å². The maximum Gasteiger partial charge on any atom is 0.340 e. The number of carbonyl (C=O) groups excluding carboxylic acids is 2. The second kappa shape index (κ2) is 7.26. The Balaban J connectivity index is 1.35. The van der Waals surface area contributed by atoms with Crippen molar-refractivity contribution in [2.75, 3.05) is 6.61 Å². The van der Waals surface area contributed by atoms with Gasteiger partial charge in [0.2, 0.25) is 12.6 Å². The molecule has 5 rings (SSSR count). The van der Waals surface area contributed by atoms with Crippen LogP contribution in [0.25, 0.3) is 0 Å². The molecule has 0 aromatic rings. The van der Waals surface area contributed by atoms with Crippen molar-refractivity contribution in [3.05, 3.63) is 24.0 Å². The standard InChI is InChI=1S/C20H24O11/c1-2-7-15-20(31-17(7)26)4-3-8-9(6-27-18(29-15)11(8)20)16(25)30-19-14(24)13(23)12(22)10(5-21)28-19/h3-4,6-8,10-15,18-19,21-24H,2,5H2,1H3/t7-,8+,10+,11+,12+,13-,14+,15-,18+,19-,20-/m0/s1. The summed E-state index contributed by atoms with van der Waals surface area (Å²) in [4.78, 5) is 25.2. The quantitative estimate of drug-likeness (QED) is 0.285. The van der Waals surface area contributed by atoms with Crippen molar-refractivity contribution in [1.82, 2.24) is 0 Å². The number of hydrogen-bond acceptors (Lipinski definition) is 11. The molecule has 170 valence electrons. The van der Waals surface area contributed by atoms with Gasteiger partial charge in [0.1, 0.15) is 30.5 Å². The highest BCUT2D eigenvalue weighted by Gasteiger charge is 2.71. The van der Waals surface area contributed by atoms with Crippen LogP contribution in [0, 0.1) is 17.8 Å². The van der Waals surface area contributed by atoms with Gasteiger partial charge < -0.3 is 44.1 Å². The number of esters is 2. The number of rotatable bonds is 4. The smallest absolute Gasteiger partial charge is 0.340 e. The lowest BCUT2D eigenvalue weighted by Crippen LogP contribution is -2.59. The van der Waals surface area contributed by atoms with Crippen LogP contribution >= 0.6 is 0 Å². The zero-order chi connectivity index (χ0) is 22.1.